The lowest BCUT2D eigenvalue weighted by molar-refractivity contribution is -0.138. The fourth-order valence-electron chi connectivity index (χ4n) is 9.70. The Bertz CT molecular complexity index is 2290. The third-order valence-corrected chi connectivity index (χ3v) is 12.8. The summed E-state index contributed by atoms with van der Waals surface area (Å²) in [5, 5.41) is 10.5. The molecule has 4 aliphatic rings. The zero-order chi connectivity index (χ0) is 48.5. The summed E-state index contributed by atoms with van der Waals surface area (Å²) < 4.78 is 169. The molecule has 4 aromatic rings. The third kappa shape index (κ3) is 11.7. The van der Waals surface area contributed by atoms with Crippen molar-refractivity contribution in [2.75, 3.05) is 9.80 Å². The first kappa shape index (κ1) is 49.7. The molecule has 0 saturated carbocycles. The highest BCUT2D eigenvalue weighted by Gasteiger charge is 2.45. The van der Waals surface area contributed by atoms with Gasteiger partial charge < -0.3 is 24.4 Å². The van der Waals surface area contributed by atoms with E-state index in [4.69, 9.17) is 9.47 Å². The van der Waals surface area contributed by atoms with Crippen LogP contribution >= 0.6 is 0 Å². The van der Waals surface area contributed by atoms with Gasteiger partial charge in [0.1, 0.15) is 35.3 Å². The molecule has 2 aromatic carbocycles. The molecule has 4 aliphatic heterocycles. The van der Waals surface area contributed by atoms with Crippen LogP contribution in [0.2, 0.25) is 0 Å². The van der Waals surface area contributed by atoms with Gasteiger partial charge in [-0.25, -0.2) is 9.97 Å². The SMILES string of the molecule is CC/C=C/c1cc(C(F)(F)F)ccc1OC1C[C@H]2CC[C@@H](C1)N2c1ccc(C(F)(F)F)cn1.CCCC(O)c1cc(C(F)(F)F)ccc1OC1C[C@H]2CC[C@@H](C1)N2c1ccc(C(F)(F)F)cn1. The number of hydrogen-bond donors (Lipinski definition) is 1. The minimum Gasteiger partial charge on any atom is -0.490 e. The molecular weight excluding hydrogens is 909 g/mol. The Hall–Kier alpha value is -5.20. The van der Waals surface area contributed by atoms with Crippen molar-refractivity contribution in [3.8, 4) is 11.5 Å². The van der Waals surface area contributed by atoms with Gasteiger partial charge >= 0.3 is 24.7 Å². The number of rotatable bonds is 11. The molecule has 0 aliphatic carbocycles. The van der Waals surface area contributed by atoms with Gasteiger partial charge in [0.25, 0.3) is 0 Å². The molecule has 7 atom stereocenters. The van der Waals surface area contributed by atoms with Crippen LogP contribution in [0.15, 0.2) is 79.1 Å². The monoisotopic (exact) mass is 958 g/mol. The van der Waals surface area contributed by atoms with E-state index < -0.39 is 53.1 Å². The van der Waals surface area contributed by atoms with Crippen molar-refractivity contribution >= 4 is 17.7 Å². The molecule has 364 valence electrons. The Morgan fingerprint density at radius 2 is 0.985 bits per heavy atom. The van der Waals surface area contributed by atoms with Crippen LogP contribution in [0.25, 0.3) is 6.08 Å². The highest BCUT2D eigenvalue weighted by Crippen LogP contribution is 2.44. The van der Waals surface area contributed by atoms with E-state index >= 15 is 0 Å². The summed E-state index contributed by atoms with van der Waals surface area (Å²) in [4.78, 5) is 12.2. The molecule has 7 nitrogen and oxygen atoms in total. The molecule has 4 bridgehead atoms. The van der Waals surface area contributed by atoms with Crippen LogP contribution in [0.1, 0.15) is 124 Å². The molecule has 4 fully saturated rings. The van der Waals surface area contributed by atoms with Gasteiger partial charge in [-0.2, -0.15) is 52.7 Å². The van der Waals surface area contributed by atoms with Crippen LogP contribution in [0.4, 0.5) is 64.3 Å². The van der Waals surface area contributed by atoms with Crippen LogP contribution in [0.3, 0.4) is 0 Å². The molecular formula is C48H50F12N4O3. The number of piperidine rings is 2. The Morgan fingerprint density at radius 3 is 1.37 bits per heavy atom. The Labute approximate surface area is 379 Å². The summed E-state index contributed by atoms with van der Waals surface area (Å²) in [5.74, 6) is 1.63. The Balaban J connectivity index is 0.000000199. The van der Waals surface area contributed by atoms with Crippen molar-refractivity contribution in [3.63, 3.8) is 0 Å². The number of hydrogen-bond acceptors (Lipinski definition) is 7. The number of allylic oxidation sites excluding steroid dienone is 1. The maximum atomic E-state index is 13.2. The first-order valence-corrected chi connectivity index (χ1v) is 22.3. The molecule has 3 unspecified atom stereocenters. The average Bonchev–Trinajstić information content (AvgIpc) is 3.69. The lowest BCUT2D eigenvalue weighted by atomic mass is 9.98. The van der Waals surface area contributed by atoms with Gasteiger partial charge in [0.05, 0.1) is 28.4 Å². The number of ether oxygens (including phenoxy) is 2. The number of aliphatic hydroxyl groups is 1. The maximum absolute atomic E-state index is 13.2. The summed E-state index contributed by atoms with van der Waals surface area (Å²) in [7, 11) is 0. The molecule has 6 heterocycles. The van der Waals surface area contributed by atoms with Gasteiger partial charge in [-0.05, 0) is 99.2 Å². The quantitative estimate of drug-likeness (QED) is 0.150. The normalized spacial score (nSPS) is 23.6. The predicted octanol–water partition coefficient (Wildman–Crippen LogP) is 13.7. The maximum Gasteiger partial charge on any atom is 0.417 e. The minimum absolute atomic E-state index is 0.00597. The van der Waals surface area contributed by atoms with Crippen LogP contribution in [0.5, 0.6) is 11.5 Å². The molecule has 0 radical (unpaired) electrons. The average molecular weight is 959 g/mol. The summed E-state index contributed by atoms with van der Waals surface area (Å²) in [6.07, 6.45) is -6.97. The topological polar surface area (TPSA) is 71.0 Å². The lowest BCUT2D eigenvalue weighted by Crippen LogP contribution is -2.47. The lowest BCUT2D eigenvalue weighted by Gasteiger charge is -2.40. The van der Waals surface area contributed by atoms with E-state index in [0.717, 1.165) is 74.5 Å². The van der Waals surface area contributed by atoms with Crippen molar-refractivity contribution in [3.05, 3.63) is 113 Å². The molecule has 8 rings (SSSR count). The Kier molecular flexibility index (Phi) is 14.7. The van der Waals surface area contributed by atoms with Gasteiger partial charge in [-0.3, -0.25) is 0 Å². The van der Waals surface area contributed by atoms with Gasteiger partial charge in [0.15, 0.2) is 0 Å². The number of halogens is 12. The predicted molar refractivity (Wildman–Crippen MR) is 226 cm³/mol. The van der Waals surface area contributed by atoms with E-state index in [1.807, 2.05) is 18.7 Å². The van der Waals surface area contributed by atoms with Gasteiger partial charge in [-0.15, -0.1) is 0 Å². The van der Waals surface area contributed by atoms with E-state index in [-0.39, 0.29) is 47.7 Å². The van der Waals surface area contributed by atoms with E-state index in [0.29, 0.717) is 67.9 Å². The number of fused-ring (bicyclic) bond motifs is 4. The van der Waals surface area contributed by atoms with E-state index in [1.54, 1.807) is 12.2 Å². The summed E-state index contributed by atoms with van der Waals surface area (Å²) >= 11 is 0. The van der Waals surface area contributed by atoms with E-state index in [2.05, 4.69) is 14.9 Å². The van der Waals surface area contributed by atoms with Gasteiger partial charge in [-0.1, -0.05) is 32.4 Å². The van der Waals surface area contributed by atoms with E-state index in [1.165, 1.54) is 24.3 Å². The molecule has 0 spiro atoms. The molecule has 0 amide bonds. The van der Waals surface area contributed by atoms with E-state index in [9.17, 15) is 57.8 Å². The second-order valence-corrected chi connectivity index (χ2v) is 17.4. The largest absolute Gasteiger partial charge is 0.490 e. The zero-order valence-corrected chi connectivity index (χ0v) is 36.5. The third-order valence-electron chi connectivity index (χ3n) is 12.8. The van der Waals surface area contributed by atoms with Crippen molar-refractivity contribution in [2.24, 2.45) is 0 Å². The number of nitrogens with zero attached hydrogens (tertiary/aromatic N) is 4. The van der Waals surface area contributed by atoms with Crippen molar-refractivity contribution in [1.29, 1.82) is 0 Å². The number of alkyl halides is 12. The summed E-state index contributed by atoms with van der Waals surface area (Å²) in [5.41, 5.74) is -2.65. The highest BCUT2D eigenvalue weighted by molar-refractivity contribution is 5.59. The van der Waals surface area contributed by atoms with Crippen LogP contribution in [-0.4, -0.2) is 51.4 Å². The molecule has 1 N–H and O–H groups in total. The number of anilines is 2. The smallest absolute Gasteiger partial charge is 0.417 e. The van der Waals surface area contributed by atoms with Crippen molar-refractivity contribution < 1.29 is 67.3 Å². The number of pyridine rings is 2. The fourth-order valence-corrected chi connectivity index (χ4v) is 9.70. The van der Waals surface area contributed by atoms with Crippen molar-refractivity contribution in [2.45, 2.75) is 152 Å². The number of benzene rings is 2. The van der Waals surface area contributed by atoms with Gasteiger partial charge in [0.2, 0.25) is 0 Å². The van der Waals surface area contributed by atoms with Crippen molar-refractivity contribution in [1.82, 2.24) is 9.97 Å². The zero-order valence-electron chi connectivity index (χ0n) is 36.5. The second kappa shape index (κ2) is 19.8. The molecule has 4 saturated heterocycles. The Morgan fingerprint density at radius 1 is 0.582 bits per heavy atom. The molecule has 19 heteroatoms. The first-order valence-electron chi connectivity index (χ1n) is 22.3. The van der Waals surface area contributed by atoms with Crippen LogP contribution in [-0.2, 0) is 24.7 Å². The minimum atomic E-state index is -4.53. The molecule has 67 heavy (non-hydrogen) atoms. The number of aromatic nitrogens is 2. The fraction of sp³-hybridized carbons (Fsp3) is 0.500. The summed E-state index contributed by atoms with van der Waals surface area (Å²) in [6.45, 7) is 3.73. The van der Waals surface area contributed by atoms with Crippen LogP contribution in [0, 0.1) is 0 Å². The first-order chi connectivity index (χ1) is 31.5. The number of aliphatic hydroxyl groups excluding tert-OH is 1. The van der Waals surface area contributed by atoms with Crippen LogP contribution < -0.4 is 19.3 Å². The van der Waals surface area contributed by atoms with Gasteiger partial charge in [0, 0.05) is 73.4 Å². The highest BCUT2D eigenvalue weighted by atomic mass is 19.4. The summed E-state index contributed by atoms with van der Waals surface area (Å²) in [6, 6.07) is 11.6. The standard InChI is InChI=1S/C24H26F6N2O2.C24H24F6N2O/c1-2-3-20(33)19-10-14(23(25,26)27)4-8-21(19)34-18-11-16-6-7-17(12-18)32(16)22-9-5-15(13-31-22)24(28,29)30;1-2-3-4-15-11-16(23(25,26)27)5-9-21(15)33-20-12-18-7-8-19(13-20)32(18)22-10-6-17(14-31-22)24(28,29)30/h4-5,8-10,13,16-18,20,33H,2-3,6-7,11-12H2,1H3;3-6,9-11,14,18-20H,2,7-8,12-13H2,1H3/b;4-3+/t16-,17+,18?,20?;18-,19+,20?. The second-order valence-electron chi connectivity index (χ2n) is 17.4. The molecule has 2 aromatic heterocycles.